The first-order valence-electron chi connectivity index (χ1n) is 17.7. The van der Waals surface area contributed by atoms with Crippen LogP contribution < -0.4 is 0 Å². The Morgan fingerprint density at radius 3 is 2.16 bits per heavy atom. The molecule has 0 amide bonds. The molecular formula is C34H46F6O9S. The topological polar surface area (TPSA) is 94.1 Å². The summed E-state index contributed by atoms with van der Waals surface area (Å²) in [5, 5.41) is 10.4. The number of rotatable bonds is 8. The second-order valence-corrected chi connectivity index (χ2v) is 16.5. The summed E-state index contributed by atoms with van der Waals surface area (Å²) in [5.41, 5.74) is -2.86. The number of hydrogen-bond acceptors (Lipinski definition) is 10. The Kier molecular flexibility index (Phi) is 9.81. The first-order valence-corrected chi connectivity index (χ1v) is 18.8. The third kappa shape index (κ3) is 5.99. The van der Waals surface area contributed by atoms with Crippen LogP contribution in [0.3, 0.4) is 0 Å². The van der Waals surface area contributed by atoms with Crippen LogP contribution in [0.25, 0.3) is 0 Å². The van der Waals surface area contributed by atoms with E-state index in [1.54, 1.807) is 13.8 Å². The van der Waals surface area contributed by atoms with Crippen LogP contribution in [0.15, 0.2) is 22.7 Å². The maximum atomic E-state index is 14.5. The molecule has 4 unspecified atom stereocenters. The van der Waals surface area contributed by atoms with E-state index in [2.05, 4.69) is 6.92 Å². The third-order valence-corrected chi connectivity index (χ3v) is 13.5. The number of hydrogen-bond donors (Lipinski definition) is 1. The zero-order valence-corrected chi connectivity index (χ0v) is 29.4. The van der Waals surface area contributed by atoms with Gasteiger partial charge in [-0.1, -0.05) is 13.8 Å². The normalized spacial score (nSPS) is 44.5. The summed E-state index contributed by atoms with van der Waals surface area (Å²) in [7, 11) is 0. The molecule has 8 rings (SSSR count). The molecule has 1 N–H and O–H groups in total. The Morgan fingerprint density at radius 1 is 0.800 bits per heavy atom. The molecule has 6 heterocycles. The van der Waals surface area contributed by atoms with Crippen molar-refractivity contribution >= 4 is 11.8 Å². The Labute approximate surface area is 291 Å². The van der Waals surface area contributed by atoms with Gasteiger partial charge in [0.2, 0.25) is 29.9 Å². The van der Waals surface area contributed by atoms with Crippen LogP contribution >= 0.6 is 11.8 Å². The molecule has 50 heavy (non-hydrogen) atoms. The third-order valence-electron chi connectivity index (χ3n) is 12.5. The van der Waals surface area contributed by atoms with Crippen molar-refractivity contribution in [1.29, 1.82) is 0 Å². The lowest BCUT2D eigenvalue weighted by atomic mass is 9.59. The molecule has 16 heteroatoms. The van der Waals surface area contributed by atoms with Crippen molar-refractivity contribution in [3.63, 3.8) is 0 Å². The predicted molar refractivity (Wildman–Crippen MR) is 165 cm³/mol. The summed E-state index contributed by atoms with van der Waals surface area (Å²) in [6, 6.07) is 0. The Balaban J connectivity index is 1.07. The van der Waals surface area contributed by atoms with E-state index in [1.807, 2.05) is 6.92 Å². The van der Waals surface area contributed by atoms with Crippen molar-refractivity contribution in [1.82, 2.24) is 0 Å². The van der Waals surface area contributed by atoms with Gasteiger partial charge in [0.05, 0.1) is 19.3 Å². The van der Waals surface area contributed by atoms with E-state index in [0.29, 0.717) is 51.4 Å². The van der Waals surface area contributed by atoms with Gasteiger partial charge in [-0.05, 0) is 76.2 Å². The van der Waals surface area contributed by atoms with E-state index in [4.69, 9.17) is 38.3 Å². The van der Waals surface area contributed by atoms with Gasteiger partial charge < -0.3 is 23.7 Å². The summed E-state index contributed by atoms with van der Waals surface area (Å²) >= 11 is 1.15. The maximum absolute atomic E-state index is 14.5. The molecule has 0 aromatic carbocycles. The van der Waals surface area contributed by atoms with Gasteiger partial charge in [-0.15, -0.1) is 0 Å². The van der Waals surface area contributed by atoms with Crippen LogP contribution in [-0.2, 0) is 38.3 Å². The van der Waals surface area contributed by atoms with Crippen molar-refractivity contribution in [2.24, 2.45) is 35.5 Å². The second kappa shape index (κ2) is 13.2. The highest BCUT2D eigenvalue weighted by Gasteiger charge is 2.70. The van der Waals surface area contributed by atoms with Crippen molar-refractivity contribution in [3.05, 3.63) is 22.7 Å². The van der Waals surface area contributed by atoms with Crippen LogP contribution in [-0.4, -0.2) is 78.0 Å². The first kappa shape index (κ1) is 37.1. The molecule has 0 aromatic heterocycles. The molecule has 9 nitrogen and oxygen atoms in total. The summed E-state index contributed by atoms with van der Waals surface area (Å²) in [4.78, 5) is 16.9. The number of ether oxygens (including phenoxy) is 5. The van der Waals surface area contributed by atoms with Gasteiger partial charge in [0.15, 0.2) is 11.2 Å². The second-order valence-electron chi connectivity index (χ2n) is 15.4. The molecule has 8 aliphatic rings. The first-order chi connectivity index (χ1) is 23.5. The van der Waals surface area contributed by atoms with Crippen LogP contribution in [0.2, 0.25) is 0 Å². The number of fused-ring (bicyclic) bond motifs is 2. The smallest absolute Gasteiger partial charge is 0.449 e. The standard InChI is InChI=1S/C34H46F6O9S/c1-17-6-9-25-21(27(34(38,39)40)44-28-31(25,47-41)22(17)10-7-19(3)43-28)16-50-14-13-42-15-20-24-8-5-18(2)23-11-12-30(4)46-29(32(23,24)49-48-30)45-26(20)33(35,36)37/h17-19,22-25,28-29,41H,5-16H2,1-4H3/t17-,18-,19+,22?,23?,24+,25+,28+,29-,30?,31?,32-/m1/s1. The lowest BCUT2D eigenvalue weighted by Gasteiger charge is -2.57. The van der Waals surface area contributed by atoms with Crippen LogP contribution in [0.4, 0.5) is 26.3 Å². The van der Waals surface area contributed by atoms with E-state index in [9.17, 15) is 31.6 Å². The van der Waals surface area contributed by atoms with Gasteiger partial charge >= 0.3 is 12.4 Å². The minimum Gasteiger partial charge on any atom is -0.456 e. The summed E-state index contributed by atoms with van der Waals surface area (Å²) in [6.07, 6.45) is -8.45. The lowest BCUT2D eigenvalue weighted by Crippen LogP contribution is -2.67. The van der Waals surface area contributed by atoms with Gasteiger partial charge in [-0.2, -0.15) is 38.1 Å². The lowest BCUT2D eigenvalue weighted by molar-refractivity contribution is -0.557. The molecule has 2 saturated carbocycles. The minimum absolute atomic E-state index is 0.0204. The van der Waals surface area contributed by atoms with Crippen LogP contribution in [0.5, 0.6) is 0 Å². The van der Waals surface area contributed by atoms with E-state index < -0.39 is 78.0 Å². The minimum atomic E-state index is -4.82. The molecule has 6 fully saturated rings. The molecule has 4 saturated heterocycles. The maximum Gasteiger partial charge on any atom is 0.449 e. The Morgan fingerprint density at radius 2 is 1.46 bits per heavy atom. The van der Waals surface area contributed by atoms with Gasteiger partial charge in [-0.25, -0.2) is 14.7 Å². The van der Waals surface area contributed by atoms with Crippen molar-refractivity contribution in [3.8, 4) is 0 Å². The summed E-state index contributed by atoms with van der Waals surface area (Å²) in [5.74, 6) is -5.25. The molecule has 12 atom stereocenters. The van der Waals surface area contributed by atoms with Gasteiger partial charge in [0, 0.05) is 47.2 Å². The number of halogens is 6. The molecule has 0 radical (unpaired) electrons. The quantitative estimate of drug-likeness (QED) is 0.114. The number of allylic oxidation sites excluding steroid dienone is 2. The van der Waals surface area contributed by atoms with Crippen molar-refractivity contribution in [2.75, 3.05) is 24.7 Å². The van der Waals surface area contributed by atoms with Crippen molar-refractivity contribution < 1.29 is 69.9 Å². The molecule has 284 valence electrons. The molecule has 1 spiro atoms. The highest BCUT2D eigenvalue weighted by Crippen LogP contribution is 2.62. The monoisotopic (exact) mass is 744 g/mol. The SMILES string of the molecule is C[C@@H]1CC[C@H]2C(CSCCOCC3=C(C(F)(F)F)O[C@@H]4OC5(C)CCC6[C@H](C)CC[C@@H]3[C@]64OO5)=C(C(F)(F)F)O[C@@H]3O[C@@H](C)CCC1C32OO. The molecule has 0 aromatic rings. The number of alkyl halides is 6. The molecular weight excluding hydrogens is 698 g/mol. The van der Waals surface area contributed by atoms with Crippen LogP contribution in [0.1, 0.15) is 79.1 Å². The average molecular weight is 745 g/mol. The Bertz CT molecular complexity index is 1290. The van der Waals surface area contributed by atoms with Gasteiger partial charge in [-0.3, -0.25) is 5.26 Å². The highest BCUT2D eigenvalue weighted by molar-refractivity contribution is 7.99. The van der Waals surface area contributed by atoms with E-state index >= 15 is 0 Å². The fourth-order valence-corrected chi connectivity index (χ4v) is 11.0. The van der Waals surface area contributed by atoms with Crippen LogP contribution in [0, 0.1) is 35.5 Å². The van der Waals surface area contributed by atoms with E-state index in [1.165, 1.54) is 0 Å². The molecule has 2 bridgehead atoms. The van der Waals surface area contributed by atoms with E-state index in [-0.39, 0.29) is 52.9 Å². The zero-order valence-electron chi connectivity index (χ0n) is 28.6. The van der Waals surface area contributed by atoms with Gasteiger partial charge in [0.1, 0.15) is 0 Å². The average Bonchev–Trinajstić information content (AvgIpc) is 3.36. The molecule has 6 aliphatic heterocycles. The summed E-state index contributed by atoms with van der Waals surface area (Å²) in [6.45, 7) is 7.00. The fourth-order valence-electron chi connectivity index (χ4n) is 10.1. The van der Waals surface area contributed by atoms with Crippen molar-refractivity contribution in [2.45, 2.75) is 127 Å². The van der Waals surface area contributed by atoms with E-state index in [0.717, 1.165) is 11.8 Å². The predicted octanol–water partition coefficient (Wildman–Crippen LogP) is 8.06. The largest absolute Gasteiger partial charge is 0.456 e. The summed E-state index contributed by atoms with van der Waals surface area (Å²) < 4.78 is 116. The fraction of sp³-hybridized carbons (Fsp3) is 0.882. The molecule has 2 aliphatic carbocycles. The highest BCUT2D eigenvalue weighted by atomic mass is 32.2. The number of thioether (sulfide) groups is 1. The Hall–Kier alpha value is -1.27. The zero-order chi connectivity index (χ0) is 35.9. The van der Waals surface area contributed by atoms with Gasteiger partial charge in [0.25, 0.3) is 0 Å².